The number of aliphatic hydroxyl groups excluding tert-OH is 1. The van der Waals surface area contributed by atoms with E-state index >= 15 is 0 Å². The Balaban J connectivity index is 1.47. The molecule has 1 aromatic carbocycles. The predicted octanol–water partition coefficient (Wildman–Crippen LogP) is 8.39. The summed E-state index contributed by atoms with van der Waals surface area (Å²) < 4.78 is 6.92. The summed E-state index contributed by atoms with van der Waals surface area (Å²) in [5.41, 5.74) is 1.02. The topological polar surface area (TPSA) is 83.8 Å². The quantitative estimate of drug-likeness (QED) is 0.205. The lowest BCUT2D eigenvalue weighted by atomic mass is 9.35. The molecule has 0 heterocycles. The number of ether oxygens (including phenoxy) is 1. The highest BCUT2D eigenvalue weighted by Crippen LogP contribution is 2.74. The van der Waals surface area contributed by atoms with Crippen LogP contribution in [0.2, 0.25) is 0 Å². The first-order valence-corrected chi connectivity index (χ1v) is 17.2. The monoisotopic (exact) mass is 602 g/mol. The molecule has 4 fully saturated rings. The Labute approximate surface area is 264 Å². The summed E-state index contributed by atoms with van der Waals surface area (Å²) in [7, 11) is 0. The molecule has 0 bridgehead atoms. The molecule has 2 N–H and O–H groups in total. The third-order valence-electron chi connectivity index (χ3n) is 14.5. The highest BCUT2D eigenvalue weighted by Gasteiger charge is 2.72. The number of carbonyl (C=O) groups is 2. The van der Waals surface area contributed by atoms with Gasteiger partial charge in [-0.2, -0.15) is 0 Å². The molecule has 5 heteroatoms. The SMILES string of the molecule is Cc1ccc(/C=C/C(=O)OC23CC[C@@]4(C(=O)O)CC[C@@H](C)[C@H](C)C4C2=CCC2[C@@]4(C)CC[C@H](O)C(C)(C)C4CC[C@]23C)cc1. The van der Waals surface area contributed by atoms with Gasteiger partial charge in [0.25, 0.3) is 0 Å². The molecule has 44 heavy (non-hydrogen) atoms. The first-order valence-electron chi connectivity index (χ1n) is 17.2. The van der Waals surface area contributed by atoms with Gasteiger partial charge in [-0.15, -0.1) is 0 Å². The number of hydrogen-bond donors (Lipinski definition) is 2. The van der Waals surface area contributed by atoms with E-state index in [1.54, 1.807) is 6.08 Å². The highest BCUT2D eigenvalue weighted by atomic mass is 16.6. The predicted molar refractivity (Wildman–Crippen MR) is 174 cm³/mol. The average Bonchev–Trinajstić information content (AvgIpc) is 2.97. The van der Waals surface area contributed by atoms with Gasteiger partial charge in [0.15, 0.2) is 0 Å². The van der Waals surface area contributed by atoms with Crippen molar-refractivity contribution in [3.8, 4) is 0 Å². The lowest BCUT2D eigenvalue weighted by Gasteiger charge is -2.70. The van der Waals surface area contributed by atoms with Gasteiger partial charge in [0.05, 0.1) is 11.5 Å². The Hall–Kier alpha value is -2.40. The van der Waals surface area contributed by atoms with Gasteiger partial charge >= 0.3 is 11.9 Å². The first kappa shape index (κ1) is 31.6. The molecule has 0 spiro atoms. The van der Waals surface area contributed by atoms with Gasteiger partial charge in [0.2, 0.25) is 0 Å². The summed E-state index contributed by atoms with van der Waals surface area (Å²) in [6.45, 7) is 15.8. The van der Waals surface area contributed by atoms with Crippen LogP contribution in [0.3, 0.4) is 0 Å². The van der Waals surface area contributed by atoms with Crippen LogP contribution in [0.5, 0.6) is 0 Å². The maximum Gasteiger partial charge on any atom is 0.331 e. The summed E-state index contributed by atoms with van der Waals surface area (Å²) in [5.74, 6) is 0.0446. The van der Waals surface area contributed by atoms with Gasteiger partial charge in [-0.1, -0.05) is 77.4 Å². The fraction of sp³-hybridized carbons (Fsp3) is 0.692. The molecule has 10 atom stereocenters. The van der Waals surface area contributed by atoms with E-state index in [1.807, 2.05) is 37.3 Å². The van der Waals surface area contributed by atoms with Gasteiger partial charge in [0, 0.05) is 17.4 Å². The second kappa shape index (κ2) is 10.6. The zero-order valence-corrected chi connectivity index (χ0v) is 28.0. The van der Waals surface area contributed by atoms with Crippen molar-refractivity contribution in [2.75, 3.05) is 0 Å². The second-order valence-electron chi connectivity index (χ2n) is 16.6. The van der Waals surface area contributed by atoms with Gasteiger partial charge in [-0.25, -0.2) is 4.79 Å². The lowest BCUT2D eigenvalue weighted by Crippen LogP contribution is -2.69. The minimum absolute atomic E-state index is 0.0122. The number of carboxylic acids is 1. The molecule has 5 aliphatic rings. The summed E-state index contributed by atoms with van der Waals surface area (Å²) in [6.07, 6.45) is 12.6. The number of esters is 1. The van der Waals surface area contributed by atoms with Gasteiger partial charge < -0.3 is 14.9 Å². The van der Waals surface area contributed by atoms with E-state index in [0.717, 1.165) is 49.7 Å². The minimum atomic E-state index is -0.853. The molecule has 5 nitrogen and oxygen atoms in total. The van der Waals surface area contributed by atoms with Crippen LogP contribution in [0.4, 0.5) is 0 Å². The molecule has 0 aromatic heterocycles. The van der Waals surface area contributed by atoms with Crippen LogP contribution in [-0.4, -0.2) is 33.9 Å². The van der Waals surface area contributed by atoms with Gasteiger partial charge in [0.1, 0.15) is 5.60 Å². The molecule has 0 saturated heterocycles. The number of hydrogen-bond acceptors (Lipinski definition) is 4. The summed E-state index contributed by atoms with van der Waals surface area (Å²) in [4.78, 5) is 27.1. The third-order valence-corrected chi connectivity index (χ3v) is 14.5. The van der Waals surface area contributed by atoms with Crippen molar-refractivity contribution in [2.45, 2.75) is 118 Å². The number of aryl methyl sites for hydroxylation is 1. The van der Waals surface area contributed by atoms with Crippen LogP contribution >= 0.6 is 0 Å². The lowest BCUT2D eigenvalue weighted by molar-refractivity contribution is -0.238. The van der Waals surface area contributed by atoms with E-state index in [9.17, 15) is 19.8 Å². The normalized spacial score (nSPS) is 44.4. The number of allylic oxidation sites excluding steroid dienone is 1. The minimum Gasteiger partial charge on any atom is -0.481 e. The highest BCUT2D eigenvalue weighted by molar-refractivity contribution is 5.88. The molecule has 6 rings (SSSR count). The average molecular weight is 603 g/mol. The molecule has 0 amide bonds. The Morgan fingerprint density at radius 2 is 1.61 bits per heavy atom. The maximum atomic E-state index is 14.0. The number of benzene rings is 1. The smallest absolute Gasteiger partial charge is 0.331 e. The third kappa shape index (κ3) is 4.34. The van der Waals surface area contributed by atoms with E-state index in [4.69, 9.17) is 4.74 Å². The zero-order chi connectivity index (χ0) is 31.9. The van der Waals surface area contributed by atoms with Crippen LogP contribution in [0, 0.1) is 58.2 Å². The molecule has 4 unspecified atom stereocenters. The van der Waals surface area contributed by atoms with E-state index < -0.39 is 17.0 Å². The Morgan fingerprint density at radius 1 is 0.909 bits per heavy atom. The molecule has 240 valence electrons. The number of carbonyl (C=O) groups excluding carboxylic acids is 1. The molecule has 0 radical (unpaired) electrons. The van der Waals surface area contributed by atoms with Crippen LogP contribution in [0.15, 0.2) is 42.0 Å². The Morgan fingerprint density at radius 3 is 2.30 bits per heavy atom. The number of fused-ring (bicyclic) bond motifs is 7. The Kier molecular flexibility index (Phi) is 7.59. The van der Waals surface area contributed by atoms with Crippen LogP contribution in [0.25, 0.3) is 6.08 Å². The summed E-state index contributed by atoms with van der Waals surface area (Å²) in [6, 6.07) is 8.10. The number of carboxylic acid groups (broad SMARTS) is 1. The number of rotatable bonds is 4. The molecule has 5 aliphatic carbocycles. The largest absolute Gasteiger partial charge is 0.481 e. The Bertz CT molecular complexity index is 1370. The van der Waals surface area contributed by atoms with Crippen molar-refractivity contribution >= 4 is 18.0 Å². The van der Waals surface area contributed by atoms with Crippen molar-refractivity contribution in [1.29, 1.82) is 0 Å². The van der Waals surface area contributed by atoms with Gasteiger partial charge in [-0.3, -0.25) is 4.79 Å². The summed E-state index contributed by atoms with van der Waals surface area (Å²) >= 11 is 0. The van der Waals surface area contributed by atoms with Crippen LogP contribution in [0.1, 0.15) is 110 Å². The molecule has 1 aromatic rings. The van der Waals surface area contributed by atoms with Crippen LogP contribution < -0.4 is 0 Å². The van der Waals surface area contributed by atoms with Crippen LogP contribution in [-0.2, 0) is 14.3 Å². The van der Waals surface area contributed by atoms with Crippen molar-refractivity contribution in [1.82, 2.24) is 0 Å². The first-order chi connectivity index (χ1) is 20.6. The molecule has 0 aliphatic heterocycles. The van der Waals surface area contributed by atoms with E-state index in [1.165, 1.54) is 5.56 Å². The fourth-order valence-electron chi connectivity index (χ4n) is 11.7. The summed E-state index contributed by atoms with van der Waals surface area (Å²) in [5, 5.41) is 21.9. The van der Waals surface area contributed by atoms with Crippen molar-refractivity contribution in [2.24, 2.45) is 51.2 Å². The van der Waals surface area contributed by atoms with E-state index in [0.29, 0.717) is 31.1 Å². The number of aliphatic hydroxyl groups is 1. The molecular weight excluding hydrogens is 548 g/mol. The number of aliphatic carboxylic acids is 1. The second-order valence-corrected chi connectivity index (χ2v) is 16.6. The fourth-order valence-corrected chi connectivity index (χ4v) is 11.7. The van der Waals surface area contributed by atoms with E-state index in [2.05, 4.69) is 47.6 Å². The van der Waals surface area contributed by atoms with Gasteiger partial charge in [-0.05, 0) is 116 Å². The van der Waals surface area contributed by atoms with E-state index in [-0.39, 0.29) is 46.1 Å². The standard InChI is InChI=1S/C39H54O5/c1-24-8-10-27(11-9-24)12-15-32(41)44-39-23-22-38(34(42)43)21-16-25(2)26(3)33(38)28(39)13-14-30-36(6)19-18-31(40)35(4,5)29(36)17-20-37(30,39)7/h8-13,15,25-26,29-31,33,40H,14,16-23H2,1-7H3,(H,42,43)/b15-12+/t25-,26+,29?,30?,31+,33?,36+,37-,38+,39?/m1/s1. The van der Waals surface area contributed by atoms with Crippen molar-refractivity contribution in [3.05, 3.63) is 53.1 Å². The maximum absolute atomic E-state index is 14.0. The molecule has 4 saturated carbocycles. The molecular formula is C39H54O5. The van der Waals surface area contributed by atoms with Crippen molar-refractivity contribution in [3.63, 3.8) is 0 Å². The van der Waals surface area contributed by atoms with Crippen molar-refractivity contribution < 1.29 is 24.5 Å². The zero-order valence-electron chi connectivity index (χ0n) is 28.0.